The summed E-state index contributed by atoms with van der Waals surface area (Å²) in [6, 6.07) is 16.9. The van der Waals surface area contributed by atoms with Crippen molar-refractivity contribution in [1.82, 2.24) is 10.1 Å². The van der Waals surface area contributed by atoms with Crippen molar-refractivity contribution < 1.29 is 14.1 Å². The Morgan fingerprint density at radius 3 is 2.57 bits per heavy atom. The molecular weight excluding hydrogens is 354 g/mol. The molecule has 0 bridgehead atoms. The number of nitrogens with zero attached hydrogens (tertiary/aromatic N) is 2. The number of rotatable bonds is 7. The topological polar surface area (TPSA) is 67.6 Å². The molecule has 1 heterocycles. The van der Waals surface area contributed by atoms with Crippen LogP contribution in [-0.2, 0) is 11.3 Å². The fraction of sp³-hybridized carbons (Fsp3) is 0.273. The van der Waals surface area contributed by atoms with Gasteiger partial charge in [0, 0.05) is 18.2 Å². The van der Waals surface area contributed by atoms with Gasteiger partial charge in [0.25, 0.3) is 0 Å². The van der Waals surface area contributed by atoms with E-state index in [-0.39, 0.29) is 5.91 Å². The predicted molar refractivity (Wildman–Crippen MR) is 108 cm³/mol. The lowest BCUT2D eigenvalue weighted by molar-refractivity contribution is -0.121. The van der Waals surface area contributed by atoms with E-state index < -0.39 is 6.04 Å². The SMILES string of the molecule is COc1ccc(C)cc1CN(C)[C@@H](C(=O)Nc1cc(C)on1)c1ccccc1. The summed E-state index contributed by atoms with van der Waals surface area (Å²) in [7, 11) is 3.58. The summed E-state index contributed by atoms with van der Waals surface area (Å²) in [6.45, 7) is 4.38. The second-order valence-electron chi connectivity index (χ2n) is 6.86. The first-order valence-electron chi connectivity index (χ1n) is 9.11. The zero-order valence-corrected chi connectivity index (χ0v) is 16.6. The molecule has 0 saturated heterocycles. The molecule has 1 atom stereocenters. The standard InChI is InChI=1S/C22H25N3O3/c1-15-10-11-19(27-4)18(12-15)14-25(3)21(17-8-6-5-7-9-17)22(26)23-20-13-16(2)28-24-20/h5-13,21H,14H2,1-4H3,(H,23,24,26)/t21-/m1/s1. The number of aromatic nitrogens is 1. The Hall–Kier alpha value is -3.12. The smallest absolute Gasteiger partial charge is 0.247 e. The molecule has 146 valence electrons. The van der Waals surface area contributed by atoms with E-state index >= 15 is 0 Å². The molecule has 28 heavy (non-hydrogen) atoms. The molecule has 1 amide bonds. The number of hydrogen-bond donors (Lipinski definition) is 1. The summed E-state index contributed by atoms with van der Waals surface area (Å²) < 4.78 is 10.6. The average molecular weight is 379 g/mol. The number of ether oxygens (including phenoxy) is 1. The van der Waals surface area contributed by atoms with E-state index in [0.717, 1.165) is 22.4 Å². The summed E-state index contributed by atoms with van der Waals surface area (Å²) in [6.07, 6.45) is 0. The summed E-state index contributed by atoms with van der Waals surface area (Å²) in [4.78, 5) is 15.1. The number of aryl methyl sites for hydroxylation is 2. The molecule has 1 aromatic heterocycles. The zero-order chi connectivity index (χ0) is 20.1. The average Bonchev–Trinajstić information content (AvgIpc) is 3.07. The van der Waals surface area contributed by atoms with Crippen LogP contribution in [-0.4, -0.2) is 30.1 Å². The van der Waals surface area contributed by atoms with Crippen LogP contribution in [0.5, 0.6) is 5.75 Å². The van der Waals surface area contributed by atoms with Crippen molar-refractivity contribution in [3.05, 3.63) is 77.0 Å². The highest BCUT2D eigenvalue weighted by Gasteiger charge is 2.26. The minimum absolute atomic E-state index is 0.173. The van der Waals surface area contributed by atoms with Crippen LogP contribution < -0.4 is 10.1 Å². The lowest BCUT2D eigenvalue weighted by atomic mass is 10.0. The Balaban J connectivity index is 1.88. The largest absolute Gasteiger partial charge is 0.496 e. The van der Waals surface area contributed by atoms with E-state index in [1.54, 1.807) is 20.1 Å². The Morgan fingerprint density at radius 1 is 1.18 bits per heavy atom. The molecule has 0 fully saturated rings. The van der Waals surface area contributed by atoms with Crippen LogP contribution in [0.2, 0.25) is 0 Å². The number of methoxy groups -OCH3 is 1. The predicted octanol–water partition coefficient (Wildman–Crippen LogP) is 4.11. The third-order valence-electron chi connectivity index (χ3n) is 4.54. The first-order valence-corrected chi connectivity index (χ1v) is 9.11. The maximum absolute atomic E-state index is 13.1. The number of anilines is 1. The first kappa shape index (κ1) is 19.6. The van der Waals surface area contributed by atoms with E-state index in [0.29, 0.717) is 18.1 Å². The van der Waals surface area contributed by atoms with E-state index in [1.165, 1.54) is 0 Å². The molecule has 0 saturated carbocycles. The third kappa shape index (κ3) is 4.58. The van der Waals surface area contributed by atoms with Crippen LogP contribution in [0, 0.1) is 13.8 Å². The molecule has 0 aliphatic heterocycles. The van der Waals surface area contributed by atoms with Gasteiger partial charge in [0.2, 0.25) is 5.91 Å². The van der Waals surface area contributed by atoms with Crippen molar-refractivity contribution in [3.63, 3.8) is 0 Å². The molecule has 0 aliphatic rings. The minimum atomic E-state index is -0.497. The highest BCUT2D eigenvalue weighted by molar-refractivity contribution is 5.94. The maximum atomic E-state index is 13.1. The van der Waals surface area contributed by atoms with Crippen molar-refractivity contribution >= 4 is 11.7 Å². The Morgan fingerprint density at radius 2 is 1.93 bits per heavy atom. The van der Waals surface area contributed by atoms with Crippen molar-refractivity contribution in [2.75, 3.05) is 19.5 Å². The molecule has 0 radical (unpaired) electrons. The summed E-state index contributed by atoms with van der Waals surface area (Å²) in [5.74, 6) is 1.68. The van der Waals surface area contributed by atoms with Crippen molar-refractivity contribution in [2.45, 2.75) is 26.4 Å². The summed E-state index contributed by atoms with van der Waals surface area (Å²) >= 11 is 0. The third-order valence-corrected chi connectivity index (χ3v) is 4.54. The fourth-order valence-corrected chi connectivity index (χ4v) is 3.25. The highest BCUT2D eigenvalue weighted by Crippen LogP contribution is 2.27. The van der Waals surface area contributed by atoms with Gasteiger partial charge in [-0.25, -0.2) is 0 Å². The van der Waals surface area contributed by atoms with Crippen molar-refractivity contribution in [2.24, 2.45) is 0 Å². The quantitative estimate of drug-likeness (QED) is 0.669. The maximum Gasteiger partial charge on any atom is 0.247 e. The monoisotopic (exact) mass is 379 g/mol. The van der Waals surface area contributed by atoms with E-state index in [2.05, 4.69) is 16.5 Å². The molecule has 6 heteroatoms. The second-order valence-corrected chi connectivity index (χ2v) is 6.86. The fourth-order valence-electron chi connectivity index (χ4n) is 3.25. The zero-order valence-electron chi connectivity index (χ0n) is 16.6. The van der Waals surface area contributed by atoms with Crippen LogP contribution in [0.3, 0.4) is 0 Å². The van der Waals surface area contributed by atoms with E-state index in [9.17, 15) is 4.79 Å². The van der Waals surface area contributed by atoms with Gasteiger partial charge in [-0.05, 0) is 32.5 Å². The van der Waals surface area contributed by atoms with E-state index in [1.807, 2.05) is 61.3 Å². The highest BCUT2D eigenvalue weighted by atomic mass is 16.5. The number of nitrogens with one attached hydrogen (secondary N) is 1. The Labute approximate surface area is 165 Å². The molecule has 1 N–H and O–H groups in total. The van der Waals surface area contributed by atoms with Crippen molar-refractivity contribution in [3.8, 4) is 5.75 Å². The van der Waals surface area contributed by atoms with Gasteiger partial charge in [0.05, 0.1) is 7.11 Å². The number of likely N-dealkylation sites (N-methyl/N-ethyl adjacent to an activating group) is 1. The molecule has 0 aliphatic carbocycles. The Kier molecular flexibility index (Phi) is 6.11. The number of hydrogen-bond acceptors (Lipinski definition) is 5. The van der Waals surface area contributed by atoms with Crippen LogP contribution in [0.25, 0.3) is 0 Å². The lowest BCUT2D eigenvalue weighted by Gasteiger charge is -2.28. The van der Waals surface area contributed by atoms with Crippen LogP contribution >= 0.6 is 0 Å². The molecular formula is C22H25N3O3. The van der Waals surface area contributed by atoms with Gasteiger partial charge >= 0.3 is 0 Å². The van der Waals surface area contributed by atoms with Gasteiger partial charge in [-0.15, -0.1) is 0 Å². The number of carbonyl (C=O) groups excluding carboxylic acids is 1. The van der Waals surface area contributed by atoms with Crippen LogP contribution in [0.1, 0.15) is 28.5 Å². The number of benzene rings is 2. The number of carbonyl (C=O) groups is 1. The van der Waals surface area contributed by atoms with Crippen molar-refractivity contribution in [1.29, 1.82) is 0 Å². The molecule has 0 spiro atoms. The molecule has 3 aromatic rings. The van der Waals surface area contributed by atoms with Gasteiger partial charge in [0.15, 0.2) is 5.82 Å². The van der Waals surface area contributed by atoms with Gasteiger partial charge < -0.3 is 14.6 Å². The van der Waals surface area contributed by atoms with Gasteiger partial charge in [0.1, 0.15) is 17.6 Å². The van der Waals surface area contributed by atoms with Gasteiger partial charge in [-0.3, -0.25) is 9.69 Å². The Bertz CT molecular complexity index is 937. The van der Waals surface area contributed by atoms with Crippen LogP contribution in [0.15, 0.2) is 59.1 Å². The van der Waals surface area contributed by atoms with Gasteiger partial charge in [-0.1, -0.05) is 53.2 Å². The number of amides is 1. The summed E-state index contributed by atoms with van der Waals surface area (Å²) in [5, 5.41) is 6.72. The lowest BCUT2D eigenvalue weighted by Crippen LogP contribution is -2.34. The van der Waals surface area contributed by atoms with E-state index in [4.69, 9.17) is 9.26 Å². The molecule has 3 rings (SSSR count). The van der Waals surface area contributed by atoms with Gasteiger partial charge in [-0.2, -0.15) is 0 Å². The molecule has 0 unspecified atom stereocenters. The second kappa shape index (κ2) is 8.71. The molecule has 2 aromatic carbocycles. The normalized spacial score (nSPS) is 12.0. The first-order chi connectivity index (χ1) is 13.5. The summed E-state index contributed by atoms with van der Waals surface area (Å²) in [5.41, 5.74) is 3.06. The molecule has 6 nitrogen and oxygen atoms in total. The minimum Gasteiger partial charge on any atom is -0.496 e. The van der Waals surface area contributed by atoms with Crippen LogP contribution in [0.4, 0.5) is 5.82 Å².